The minimum atomic E-state index is 0.939. The third-order valence-corrected chi connectivity index (χ3v) is 3.86. The molecular weight excluding hydrogens is 224 g/mol. The maximum Gasteiger partial charge on any atom is 0.0638 e. The highest BCUT2D eigenvalue weighted by Gasteiger charge is 2.09. The molecule has 0 amide bonds. The van der Waals surface area contributed by atoms with E-state index >= 15 is 0 Å². The highest BCUT2D eigenvalue weighted by Crippen LogP contribution is 2.09. The van der Waals surface area contributed by atoms with E-state index in [-0.39, 0.29) is 0 Å². The number of hydrogen-bond acceptors (Lipinski definition) is 3. The van der Waals surface area contributed by atoms with Crippen molar-refractivity contribution in [1.82, 2.24) is 20.4 Å². The maximum atomic E-state index is 4.22. The van der Waals surface area contributed by atoms with Gasteiger partial charge in [0, 0.05) is 17.8 Å². The molecule has 0 aromatic carbocycles. The van der Waals surface area contributed by atoms with Gasteiger partial charge >= 0.3 is 0 Å². The number of piperidine rings is 1. The number of aryl methyl sites for hydroxylation is 2. The predicted octanol–water partition coefficient (Wildman–Crippen LogP) is 1.99. The van der Waals surface area contributed by atoms with E-state index in [0.717, 1.165) is 18.8 Å². The fraction of sp³-hybridized carbons (Fsp3) is 0.786. The van der Waals surface area contributed by atoms with Gasteiger partial charge in [0.2, 0.25) is 0 Å². The second kappa shape index (κ2) is 6.90. The van der Waals surface area contributed by atoms with E-state index in [2.05, 4.69) is 34.3 Å². The number of rotatable bonds is 6. The summed E-state index contributed by atoms with van der Waals surface area (Å²) in [5.74, 6) is 0. The standard InChI is InChI=1S/C14H26N4/c1-12-14(13(2)17-16-12)11-15-7-6-10-18-8-4-3-5-9-18/h15H,3-11H2,1-2H3,(H,16,17). The van der Waals surface area contributed by atoms with Gasteiger partial charge in [-0.05, 0) is 59.3 Å². The maximum absolute atomic E-state index is 4.22. The summed E-state index contributed by atoms with van der Waals surface area (Å²) in [5, 5.41) is 10.8. The van der Waals surface area contributed by atoms with E-state index in [1.54, 1.807) is 0 Å². The number of aromatic amines is 1. The average molecular weight is 250 g/mol. The van der Waals surface area contributed by atoms with Gasteiger partial charge in [-0.25, -0.2) is 0 Å². The largest absolute Gasteiger partial charge is 0.312 e. The first-order valence-corrected chi connectivity index (χ1v) is 7.21. The van der Waals surface area contributed by atoms with E-state index in [4.69, 9.17) is 0 Å². The van der Waals surface area contributed by atoms with Gasteiger partial charge in [-0.15, -0.1) is 0 Å². The first-order chi connectivity index (χ1) is 8.77. The van der Waals surface area contributed by atoms with Crippen molar-refractivity contribution in [3.63, 3.8) is 0 Å². The summed E-state index contributed by atoms with van der Waals surface area (Å²) < 4.78 is 0. The van der Waals surface area contributed by atoms with Crippen LogP contribution in [0.5, 0.6) is 0 Å². The molecule has 1 aliphatic rings. The Morgan fingerprint density at radius 3 is 2.67 bits per heavy atom. The van der Waals surface area contributed by atoms with Crippen LogP contribution in [0.25, 0.3) is 0 Å². The van der Waals surface area contributed by atoms with Crippen molar-refractivity contribution in [1.29, 1.82) is 0 Å². The lowest BCUT2D eigenvalue weighted by Gasteiger charge is -2.26. The second-order valence-corrected chi connectivity index (χ2v) is 5.35. The predicted molar refractivity (Wildman–Crippen MR) is 74.7 cm³/mol. The lowest BCUT2D eigenvalue weighted by Crippen LogP contribution is -2.32. The first-order valence-electron chi connectivity index (χ1n) is 7.21. The fourth-order valence-electron chi connectivity index (χ4n) is 2.66. The fourth-order valence-corrected chi connectivity index (χ4v) is 2.66. The van der Waals surface area contributed by atoms with Crippen LogP contribution in [-0.4, -0.2) is 41.3 Å². The lowest BCUT2D eigenvalue weighted by atomic mass is 10.1. The molecule has 0 bridgehead atoms. The molecule has 0 aliphatic carbocycles. The van der Waals surface area contributed by atoms with Crippen LogP contribution < -0.4 is 5.32 Å². The molecule has 2 rings (SSSR count). The summed E-state index contributed by atoms with van der Waals surface area (Å²) >= 11 is 0. The molecule has 102 valence electrons. The Labute approximate surface area is 110 Å². The van der Waals surface area contributed by atoms with Crippen LogP contribution in [0.15, 0.2) is 0 Å². The third kappa shape index (κ3) is 3.82. The summed E-state index contributed by atoms with van der Waals surface area (Å²) in [6, 6.07) is 0. The smallest absolute Gasteiger partial charge is 0.0638 e. The first kappa shape index (κ1) is 13.6. The van der Waals surface area contributed by atoms with Crippen LogP contribution in [-0.2, 0) is 6.54 Å². The molecule has 1 aliphatic heterocycles. The third-order valence-electron chi connectivity index (χ3n) is 3.86. The van der Waals surface area contributed by atoms with Gasteiger partial charge < -0.3 is 10.2 Å². The quantitative estimate of drug-likeness (QED) is 0.759. The zero-order valence-corrected chi connectivity index (χ0v) is 11.8. The Kier molecular flexibility index (Phi) is 5.20. The van der Waals surface area contributed by atoms with Crippen molar-refractivity contribution in [2.45, 2.75) is 46.1 Å². The lowest BCUT2D eigenvalue weighted by molar-refractivity contribution is 0.225. The monoisotopic (exact) mass is 250 g/mol. The highest BCUT2D eigenvalue weighted by molar-refractivity contribution is 5.22. The van der Waals surface area contributed by atoms with Crippen molar-refractivity contribution in [3.8, 4) is 0 Å². The number of likely N-dealkylation sites (tertiary alicyclic amines) is 1. The zero-order chi connectivity index (χ0) is 12.8. The number of hydrogen-bond donors (Lipinski definition) is 2. The van der Waals surface area contributed by atoms with E-state index in [1.165, 1.54) is 56.6 Å². The van der Waals surface area contributed by atoms with Crippen LogP contribution in [0.3, 0.4) is 0 Å². The van der Waals surface area contributed by atoms with Gasteiger partial charge in [0.15, 0.2) is 0 Å². The van der Waals surface area contributed by atoms with Crippen molar-refractivity contribution in [3.05, 3.63) is 17.0 Å². The van der Waals surface area contributed by atoms with Crippen LogP contribution in [0.4, 0.5) is 0 Å². The summed E-state index contributed by atoms with van der Waals surface area (Å²) in [5.41, 5.74) is 3.64. The summed E-state index contributed by atoms with van der Waals surface area (Å²) in [7, 11) is 0. The van der Waals surface area contributed by atoms with E-state index in [9.17, 15) is 0 Å². The Bertz CT molecular complexity index is 333. The summed E-state index contributed by atoms with van der Waals surface area (Å²) in [6.07, 6.45) is 5.45. The van der Waals surface area contributed by atoms with Gasteiger partial charge in [0.05, 0.1) is 5.69 Å². The van der Waals surface area contributed by atoms with Gasteiger partial charge in [0.1, 0.15) is 0 Å². The molecule has 4 nitrogen and oxygen atoms in total. The Hall–Kier alpha value is -0.870. The minimum Gasteiger partial charge on any atom is -0.312 e. The topological polar surface area (TPSA) is 44.0 Å². The summed E-state index contributed by atoms with van der Waals surface area (Å²) in [4.78, 5) is 2.60. The molecule has 0 spiro atoms. The van der Waals surface area contributed by atoms with Gasteiger partial charge in [0.25, 0.3) is 0 Å². The molecular formula is C14H26N4. The van der Waals surface area contributed by atoms with Gasteiger partial charge in [-0.2, -0.15) is 5.10 Å². The molecule has 1 fully saturated rings. The van der Waals surface area contributed by atoms with Crippen LogP contribution in [0.1, 0.15) is 42.6 Å². The summed E-state index contributed by atoms with van der Waals surface area (Å²) in [6.45, 7) is 10.0. The molecule has 2 heterocycles. The number of aromatic nitrogens is 2. The zero-order valence-electron chi connectivity index (χ0n) is 11.8. The average Bonchev–Trinajstić information content (AvgIpc) is 2.71. The molecule has 0 radical (unpaired) electrons. The van der Waals surface area contributed by atoms with E-state index in [1.807, 2.05) is 0 Å². The SMILES string of the molecule is Cc1n[nH]c(C)c1CNCCCN1CCCCC1. The van der Waals surface area contributed by atoms with Crippen LogP contribution >= 0.6 is 0 Å². The second-order valence-electron chi connectivity index (χ2n) is 5.35. The van der Waals surface area contributed by atoms with Crippen molar-refractivity contribution < 1.29 is 0 Å². The molecule has 0 saturated carbocycles. The molecule has 18 heavy (non-hydrogen) atoms. The normalized spacial score (nSPS) is 17.2. The van der Waals surface area contributed by atoms with Crippen molar-refractivity contribution in [2.24, 2.45) is 0 Å². The van der Waals surface area contributed by atoms with Crippen LogP contribution in [0.2, 0.25) is 0 Å². The number of nitrogens with zero attached hydrogens (tertiary/aromatic N) is 2. The van der Waals surface area contributed by atoms with Gasteiger partial charge in [-0.3, -0.25) is 5.10 Å². The molecule has 4 heteroatoms. The van der Waals surface area contributed by atoms with E-state index in [0.29, 0.717) is 0 Å². The van der Waals surface area contributed by atoms with Crippen molar-refractivity contribution >= 4 is 0 Å². The Morgan fingerprint density at radius 1 is 1.22 bits per heavy atom. The number of nitrogens with one attached hydrogen (secondary N) is 2. The molecule has 0 atom stereocenters. The van der Waals surface area contributed by atoms with Crippen molar-refractivity contribution in [2.75, 3.05) is 26.2 Å². The highest BCUT2D eigenvalue weighted by atomic mass is 15.1. The Morgan fingerprint density at radius 2 is 2.00 bits per heavy atom. The van der Waals surface area contributed by atoms with E-state index < -0.39 is 0 Å². The minimum absolute atomic E-state index is 0.939. The van der Waals surface area contributed by atoms with Crippen LogP contribution in [0, 0.1) is 13.8 Å². The molecule has 1 aromatic heterocycles. The molecule has 1 saturated heterocycles. The Balaban J connectivity index is 1.58. The molecule has 2 N–H and O–H groups in total. The molecule has 1 aromatic rings. The van der Waals surface area contributed by atoms with Gasteiger partial charge in [-0.1, -0.05) is 6.42 Å². The molecule has 0 unspecified atom stereocenters. The number of H-pyrrole nitrogens is 1.